The van der Waals surface area contributed by atoms with Gasteiger partial charge in [0.15, 0.2) is 9.84 Å². The fourth-order valence-corrected chi connectivity index (χ4v) is 6.68. The lowest BCUT2D eigenvalue weighted by Gasteiger charge is -2.17. The molecule has 0 N–H and O–H groups in total. The van der Waals surface area contributed by atoms with E-state index in [1.165, 1.54) is 12.0 Å². The monoisotopic (exact) mass is 613 g/mol. The van der Waals surface area contributed by atoms with Crippen molar-refractivity contribution >= 4 is 21.7 Å². The third-order valence-electron chi connectivity index (χ3n) is 7.45. The van der Waals surface area contributed by atoms with E-state index in [0.717, 1.165) is 5.56 Å². The average Bonchev–Trinajstić information content (AvgIpc) is 3.48. The van der Waals surface area contributed by atoms with Gasteiger partial charge in [-0.3, -0.25) is 9.59 Å². The summed E-state index contributed by atoms with van der Waals surface area (Å²) in [4.78, 5) is 33.2. The number of benzene rings is 3. The SMILES string of the molecule is COc1ccc(-c2cccc(C(=O)N(C)C)c2)cc1S(=O)(=O)Cc1cccc(OC2CCN(C(=O)c3cccc(C)c3)C2)n1. The van der Waals surface area contributed by atoms with Gasteiger partial charge in [-0.1, -0.05) is 42.0 Å². The van der Waals surface area contributed by atoms with Crippen LogP contribution in [0.4, 0.5) is 0 Å². The Morgan fingerprint density at radius 1 is 0.932 bits per heavy atom. The van der Waals surface area contributed by atoms with Gasteiger partial charge >= 0.3 is 0 Å². The van der Waals surface area contributed by atoms with Gasteiger partial charge in [0.1, 0.15) is 16.7 Å². The number of carbonyl (C=O) groups excluding carboxylic acids is 2. The molecule has 0 saturated carbocycles. The van der Waals surface area contributed by atoms with Crippen LogP contribution in [0.25, 0.3) is 11.1 Å². The first-order chi connectivity index (χ1) is 21.0. The molecular formula is C34H35N3O6S. The first-order valence-corrected chi connectivity index (χ1v) is 15.9. The Kier molecular flexibility index (Phi) is 9.01. The van der Waals surface area contributed by atoms with Crippen LogP contribution in [0, 0.1) is 6.92 Å². The molecule has 1 aliphatic rings. The van der Waals surface area contributed by atoms with Gasteiger partial charge < -0.3 is 19.3 Å². The highest BCUT2D eigenvalue weighted by molar-refractivity contribution is 7.90. The van der Waals surface area contributed by atoms with Crippen LogP contribution in [0.1, 0.15) is 38.4 Å². The van der Waals surface area contributed by atoms with Crippen molar-refractivity contribution in [1.29, 1.82) is 0 Å². The van der Waals surface area contributed by atoms with E-state index in [0.29, 0.717) is 53.3 Å². The Bertz CT molecular complexity index is 1800. The van der Waals surface area contributed by atoms with E-state index in [1.807, 2.05) is 37.3 Å². The number of likely N-dealkylation sites (tertiary alicyclic amines) is 1. The third-order valence-corrected chi connectivity index (χ3v) is 9.12. The molecule has 1 unspecified atom stereocenters. The van der Waals surface area contributed by atoms with Crippen LogP contribution in [-0.2, 0) is 15.6 Å². The van der Waals surface area contributed by atoms with Crippen molar-refractivity contribution in [3.63, 3.8) is 0 Å². The van der Waals surface area contributed by atoms with E-state index < -0.39 is 9.84 Å². The molecule has 9 nitrogen and oxygen atoms in total. The van der Waals surface area contributed by atoms with E-state index >= 15 is 0 Å². The number of hydrogen-bond donors (Lipinski definition) is 0. The van der Waals surface area contributed by atoms with Gasteiger partial charge in [0.05, 0.1) is 25.1 Å². The third kappa shape index (κ3) is 6.92. The maximum absolute atomic E-state index is 13.7. The van der Waals surface area contributed by atoms with Crippen LogP contribution in [-0.4, -0.2) is 75.4 Å². The van der Waals surface area contributed by atoms with Crippen LogP contribution in [0.2, 0.25) is 0 Å². The highest BCUT2D eigenvalue weighted by Crippen LogP contribution is 2.32. The molecule has 44 heavy (non-hydrogen) atoms. The number of rotatable bonds is 9. The largest absolute Gasteiger partial charge is 0.495 e. The zero-order chi connectivity index (χ0) is 31.4. The van der Waals surface area contributed by atoms with Crippen LogP contribution in [0.5, 0.6) is 11.6 Å². The number of aryl methyl sites for hydroxylation is 1. The summed E-state index contributed by atoms with van der Waals surface area (Å²) in [6.07, 6.45) is 0.391. The molecule has 10 heteroatoms. The normalized spacial score (nSPS) is 14.7. The zero-order valence-electron chi connectivity index (χ0n) is 25.2. The summed E-state index contributed by atoms with van der Waals surface area (Å²) in [5.41, 5.74) is 3.82. The molecule has 2 amide bonds. The lowest BCUT2D eigenvalue weighted by Crippen LogP contribution is -2.31. The lowest BCUT2D eigenvalue weighted by atomic mass is 10.0. The number of amides is 2. The standard InChI is InChI=1S/C34H35N3O6S/c1-23-8-5-10-26(18-23)34(39)37-17-16-29(21-37)43-32-13-7-12-28(35-32)22-44(40,41)31-20-25(14-15-30(31)42-4)24-9-6-11-27(19-24)33(38)36(2)3/h5-15,18-20,29H,16-17,21-22H2,1-4H3. The van der Waals surface area contributed by atoms with Crippen LogP contribution >= 0.6 is 0 Å². The van der Waals surface area contributed by atoms with E-state index in [-0.39, 0.29) is 34.3 Å². The molecule has 0 radical (unpaired) electrons. The summed E-state index contributed by atoms with van der Waals surface area (Å²) in [6.45, 7) is 2.93. The number of sulfone groups is 1. The Labute approximate surface area is 258 Å². The number of pyridine rings is 1. The molecule has 3 aromatic carbocycles. The summed E-state index contributed by atoms with van der Waals surface area (Å²) in [6, 6.07) is 24.5. The molecule has 0 bridgehead atoms. The van der Waals surface area contributed by atoms with Crippen molar-refractivity contribution in [2.24, 2.45) is 0 Å². The first kappa shape index (κ1) is 30.7. The summed E-state index contributed by atoms with van der Waals surface area (Å²) in [5.74, 6) is -0.0442. The molecule has 0 aliphatic carbocycles. The second kappa shape index (κ2) is 12.9. The van der Waals surface area contributed by atoms with Crippen molar-refractivity contribution in [1.82, 2.24) is 14.8 Å². The predicted octanol–water partition coefficient (Wildman–Crippen LogP) is 5.03. The Morgan fingerprint density at radius 2 is 1.66 bits per heavy atom. The molecular weight excluding hydrogens is 578 g/mol. The number of hydrogen-bond acceptors (Lipinski definition) is 7. The van der Waals surface area contributed by atoms with Gasteiger partial charge in [-0.2, -0.15) is 0 Å². The highest BCUT2D eigenvalue weighted by Gasteiger charge is 2.29. The van der Waals surface area contributed by atoms with Crippen LogP contribution in [0.15, 0.2) is 89.8 Å². The van der Waals surface area contributed by atoms with Crippen LogP contribution < -0.4 is 9.47 Å². The molecule has 2 heterocycles. The minimum atomic E-state index is -3.90. The van der Waals surface area contributed by atoms with Crippen molar-refractivity contribution in [2.75, 3.05) is 34.3 Å². The Hall–Kier alpha value is -4.70. The van der Waals surface area contributed by atoms with Crippen LogP contribution in [0.3, 0.4) is 0 Å². The van der Waals surface area contributed by atoms with Crippen molar-refractivity contribution in [3.8, 4) is 22.8 Å². The summed E-state index contributed by atoms with van der Waals surface area (Å²) >= 11 is 0. The van der Waals surface area contributed by atoms with E-state index in [4.69, 9.17) is 9.47 Å². The summed E-state index contributed by atoms with van der Waals surface area (Å²) < 4.78 is 38.9. The van der Waals surface area contributed by atoms with Crippen molar-refractivity contribution in [2.45, 2.75) is 30.1 Å². The number of nitrogens with zero attached hydrogens (tertiary/aromatic N) is 3. The Balaban J connectivity index is 1.31. The topological polar surface area (TPSA) is 106 Å². The summed E-state index contributed by atoms with van der Waals surface area (Å²) in [7, 11) is 0.882. The minimum Gasteiger partial charge on any atom is -0.495 e. The highest BCUT2D eigenvalue weighted by atomic mass is 32.2. The molecule has 1 saturated heterocycles. The van der Waals surface area contributed by atoms with Gasteiger partial charge in [-0.25, -0.2) is 13.4 Å². The molecule has 1 aromatic heterocycles. The molecule has 228 valence electrons. The van der Waals surface area contributed by atoms with Gasteiger partial charge in [0.2, 0.25) is 5.88 Å². The number of aromatic nitrogens is 1. The molecule has 4 aromatic rings. The molecule has 0 spiro atoms. The number of ether oxygens (including phenoxy) is 2. The first-order valence-electron chi connectivity index (χ1n) is 14.3. The van der Waals surface area contributed by atoms with E-state index in [2.05, 4.69) is 4.98 Å². The second-order valence-corrected chi connectivity index (χ2v) is 13.0. The molecule has 1 atom stereocenters. The van der Waals surface area contributed by atoms with Gasteiger partial charge in [0, 0.05) is 44.3 Å². The molecule has 1 fully saturated rings. The van der Waals surface area contributed by atoms with Gasteiger partial charge in [0.25, 0.3) is 11.8 Å². The fraction of sp³-hybridized carbons (Fsp3) is 0.265. The molecule has 5 rings (SSSR count). The Morgan fingerprint density at radius 3 is 2.41 bits per heavy atom. The number of carbonyl (C=O) groups is 2. The van der Waals surface area contributed by atoms with Crippen molar-refractivity contribution < 1.29 is 27.5 Å². The minimum absolute atomic E-state index is 0.0241. The quantitative estimate of drug-likeness (QED) is 0.261. The van der Waals surface area contributed by atoms with Crippen molar-refractivity contribution in [3.05, 3.63) is 107 Å². The molecule has 1 aliphatic heterocycles. The number of methoxy groups -OCH3 is 1. The zero-order valence-corrected chi connectivity index (χ0v) is 26.0. The maximum Gasteiger partial charge on any atom is 0.253 e. The van der Waals surface area contributed by atoms with E-state index in [1.54, 1.807) is 73.6 Å². The lowest BCUT2D eigenvalue weighted by molar-refractivity contribution is 0.0770. The second-order valence-electron chi connectivity index (χ2n) is 11.0. The summed E-state index contributed by atoms with van der Waals surface area (Å²) in [5, 5.41) is 0. The fourth-order valence-electron chi connectivity index (χ4n) is 5.21. The van der Waals surface area contributed by atoms with E-state index in [9.17, 15) is 18.0 Å². The van der Waals surface area contributed by atoms with Gasteiger partial charge in [-0.15, -0.1) is 0 Å². The predicted molar refractivity (Wildman–Crippen MR) is 168 cm³/mol. The smallest absolute Gasteiger partial charge is 0.253 e. The maximum atomic E-state index is 13.7. The average molecular weight is 614 g/mol. The van der Waals surface area contributed by atoms with Gasteiger partial charge in [-0.05, 0) is 60.5 Å².